The molecule has 0 amide bonds. The molecule has 2 aromatic carbocycles. The van der Waals surface area contributed by atoms with Crippen molar-refractivity contribution in [3.63, 3.8) is 0 Å². The molecule has 0 aliphatic heterocycles. The highest BCUT2D eigenvalue weighted by Crippen LogP contribution is 2.45. The minimum atomic E-state index is -1.56. The van der Waals surface area contributed by atoms with Gasteiger partial charge in [0.05, 0.1) is 23.8 Å². The first kappa shape index (κ1) is 16.3. The molecule has 0 radical (unpaired) electrons. The summed E-state index contributed by atoms with van der Waals surface area (Å²) in [6.45, 7) is 1.20. The lowest BCUT2D eigenvalue weighted by molar-refractivity contribution is 0.0691. The number of phenols is 3. The zero-order chi connectivity index (χ0) is 18.6. The number of phenolic OH excluding ortho intramolecular Hbond substituents is 2. The van der Waals surface area contributed by atoms with Gasteiger partial charge in [-0.25, -0.2) is 4.79 Å². The van der Waals surface area contributed by atoms with Crippen molar-refractivity contribution in [2.75, 3.05) is 7.11 Å². The molecule has 25 heavy (non-hydrogen) atoms. The standard InChI is InChI=1S/C17H12O8/c1-5-9(17(23)24)15(21)12-11(13(5)19)14(20)7-3-6(18)4-8(25-2)10(7)16(12)22/h3-4,18-19,21H,1-2H3,(H,23,24). The molecule has 0 unspecified atom stereocenters. The molecule has 128 valence electrons. The Kier molecular flexibility index (Phi) is 3.41. The molecule has 0 heterocycles. The first-order valence-corrected chi connectivity index (χ1v) is 7.02. The number of rotatable bonds is 2. The fraction of sp³-hybridized carbons (Fsp3) is 0.118. The Morgan fingerprint density at radius 3 is 2.12 bits per heavy atom. The molecule has 0 spiro atoms. The highest BCUT2D eigenvalue weighted by atomic mass is 16.5. The number of carbonyl (C=O) groups excluding carboxylic acids is 2. The van der Waals surface area contributed by atoms with Crippen molar-refractivity contribution in [2.45, 2.75) is 6.92 Å². The second kappa shape index (κ2) is 5.23. The van der Waals surface area contributed by atoms with E-state index in [0.717, 1.165) is 12.1 Å². The summed E-state index contributed by atoms with van der Waals surface area (Å²) in [6.07, 6.45) is 0. The molecule has 8 nitrogen and oxygen atoms in total. The van der Waals surface area contributed by atoms with Gasteiger partial charge in [0.1, 0.15) is 28.6 Å². The van der Waals surface area contributed by atoms with Gasteiger partial charge < -0.3 is 25.2 Å². The second-order valence-corrected chi connectivity index (χ2v) is 5.48. The molecule has 0 atom stereocenters. The first-order valence-electron chi connectivity index (χ1n) is 7.02. The van der Waals surface area contributed by atoms with Crippen LogP contribution in [0.3, 0.4) is 0 Å². The van der Waals surface area contributed by atoms with Crippen molar-refractivity contribution in [1.82, 2.24) is 0 Å². The predicted octanol–water partition coefficient (Wildman–Crippen LogP) is 1.59. The molecule has 0 saturated heterocycles. The van der Waals surface area contributed by atoms with E-state index in [9.17, 15) is 34.8 Å². The summed E-state index contributed by atoms with van der Waals surface area (Å²) in [5.74, 6) is -5.35. The topological polar surface area (TPSA) is 141 Å². The number of ether oxygens (including phenoxy) is 1. The first-order chi connectivity index (χ1) is 11.7. The van der Waals surface area contributed by atoms with Crippen LogP contribution in [0.5, 0.6) is 23.0 Å². The van der Waals surface area contributed by atoms with Gasteiger partial charge in [0, 0.05) is 17.2 Å². The van der Waals surface area contributed by atoms with Crippen LogP contribution in [0.25, 0.3) is 0 Å². The van der Waals surface area contributed by atoms with E-state index in [-0.39, 0.29) is 28.2 Å². The van der Waals surface area contributed by atoms with Gasteiger partial charge in [-0.1, -0.05) is 0 Å². The molecule has 2 aromatic rings. The van der Waals surface area contributed by atoms with Crippen molar-refractivity contribution in [3.05, 3.63) is 45.5 Å². The molecular weight excluding hydrogens is 332 g/mol. The Labute approximate surface area is 140 Å². The maximum atomic E-state index is 12.8. The lowest BCUT2D eigenvalue weighted by Crippen LogP contribution is -2.23. The molecule has 0 aromatic heterocycles. The number of carboxylic acid groups (broad SMARTS) is 1. The molecule has 4 N–H and O–H groups in total. The van der Waals surface area contributed by atoms with E-state index in [0.29, 0.717) is 0 Å². The van der Waals surface area contributed by atoms with E-state index in [1.807, 2.05) is 0 Å². The molecule has 1 aliphatic rings. The van der Waals surface area contributed by atoms with E-state index < -0.39 is 45.7 Å². The average molecular weight is 344 g/mol. The fourth-order valence-electron chi connectivity index (χ4n) is 2.98. The number of carbonyl (C=O) groups is 3. The third-order valence-electron chi connectivity index (χ3n) is 4.14. The molecule has 0 saturated carbocycles. The fourth-order valence-corrected chi connectivity index (χ4v) is 2.98. The van der Waals surface area contributed by atoms with Crippen LogP contribution in [-0.4, -0.2) is 45.1 Å². The van der Waals surface area contributed by atoms with Crippen LogP contribution in [-0.2, 0) is 0 Å². The second-order valence-electron chi connectivity index (χ2n) is 5.48. The Morgan fingerprint density at radius 1 is 0.960 bits per heavy atom. The Balaban J connectivity index is 2.47. The van der Waals surface area contributed by atoms with Crippen LogP contribution in [0.2, 0.25) is 0 Å². The van der Waals surface area contributed by atoms with Gasteiger partial charge in [-0.2, -0.15) is 0 Å². The van der Waals surface area contributed by atoms with Crippen LogP contribution in [0.1, 0.15) is 47.8 Å². The number of benzene rings is 2. The Hall–Kier alpha value is -3.55. The number of fused-ring (bicyclic) bond motifs is 2. The number of hydrogen-bond acceptors (Lipinski definition) is 7. The normalized spacial score (nSPS) is 12.6. The van der Waals surface area contributed by atoms with Gasteiger partial charge in [-0.3, -0.25) is 9.59 Å². The maximum Gasteiger partial charge on any atom is 0.339 e. The summed E-state index contributed by atoms with van der Waals surface area (Å²) in [5, 5.41) is 39.5. The van der Waals surface area contributed by atoms with Crippen molar-refractivity contribution in [3.8, 4) is 23.0 Å². The largest absolute Gasteiger partial charge is 0.508 e. The number of ketones is 2. The minimum Gasteiger partial charge on any atom is -0.508 e. The smallest absolute Gasteiger partial charge is 0.339 e. The van der Waals surface area contributed by atoms with Gasteiger partial charge in [-0.05, 0) is 13.0 Å². The van der Waals surface area contributed by atoms with Crippen LogP contribution < -0.4 is 4.74 Å². The number of carboxylic acids is 1. The summed E-state index contributed by atoms with van der Waals surface area (Å²) < 4.78 is 5.01. The quantitative estimate of drug-likeness (QED) is 0.514. The van der Waals surface area contributed by atoms with E-state index in [1.165, 1.54) is 14.0 Å². The summed E-state index contributed by atoms with van der Waals surface area (Å²) in [6, 6.07) is 2.15. The maximum absolute atomic E-state index is 12.8. The number of methoxy groups -OCH3 is 1. The monoisotopic (exact) mass is 344 g/mol. The highest BCUT2D eigenvalue weighted by molar-refractivity contribution is 6.32. The number of aromatic carboxylic acids is 1. The third-order valence-corrected chi connectivity index (χ3v) is 4.14. The molecule has 0 bridgehead atoms. The zero-order valence-corrected chi connectivity index (χ0v) is 13.1. The summed E-state index contributed by atoms with van der Waals surface area (Å²) in [5.41, 5.74) is -2.48. The van der Waals surface area contributed by atoms with E-state index in [1.54, 1.807) is 0 Å². The Bertz CT molecular complexity index is 987. The predicted molar refractivity (Wildman–Crippen MR) is 83.0 cm³/mol. The van der Waals surface area contributed by atoms with Gasteiger partial charge >= 0.3 is 5.97 Å². The lowest BCUT2D eigenvalue weighted by atomic mass is 9.80. The summed E-state index contributed by atoms with van der Waals surface area (Å²) >= 11 is 0. The van der Waals surface area contributed by atoms with Crippen molar-refractivity contribution in [1.29, 1.82) is 0 Å². The molecule has 1 aliphatic carbocycles. The van der Waals surface area contributed by atoms with Crippen LogP contribution >= 0.6 is 0 Å². The van der Waals surface area contributed by atoms with Gasteiger partial charge in [0.15, 0.2) is 5.78 Å². The van der Waals surface area contributed by atoms with E-state index in [2.05, 4.69) is 0 Å². The van der Waals surface area contributed by atoms with Crippen LogP contribution in [0.15, 0.2) is 12.1 Å². The van der Waals surface area contributed by atoms with Crippen molar-refractivity contribution >= 4 is 17.5 Å². The molecular formula is C17H12O8. The Morgan fingerprint density at radius 2 is 1.56 bits per heavy atom. The SMILES string of the molecule is COc1cc(O)cc2c1C(=O)c1c(O)c(C(=O)O)c(C)c(O)c1C2=O. The number of hydrogen-bond donors (Lipinski definition) is 4. The van der Waals surface area contributed by atoms with E-state index >= 15 is 0 Å². The molecule has 8 heteroatoms. The third kappa shape index (κ3) is 2.04. The van der Waals surface area contributed by atoms with Gasteiger partial charge in [-0.15, -0.1) is 0 Å². The van der Waals surface area contributed by atoms with Crippen molar-refractivity contribution < 1.29 is 39.5 Å². The van der Waals surface area contributed by atoms with Gasteiger partial charge in [0.2, 0.25) is 5.78 Å². The minimum absolute atomic E-state index is 0.115. The van der Waals surface area contributed by atoms with Crippen molar-refractivity contribution in [2.24, 2.45) is 0 Å². The average Bonchev–Trinajstić information content (AvgIpc) is 2.54. The van der Waals surface area contributed by atoms with E-state index in [4.69, 9.17) is 4.74 Å². The van der Waals surface area contributed by atoms with Crippen LogP contribution in [0, 0.1) is 6.92 Å². The molecule has 0 fully saturated rings. The van der Waals surface area contributed by atoms with Crippen LogP contribution in [0.4, 0.5) is 0 Å². The van der Waals surface area contributed by atoms with Gasteiger partial charge in [0.25, 0.3) is 0 Å². The zero-order valence-electron chi connectivity index (χ0n) is 13.1. The number of aromatic hydroxyl groups is 3. The lowest BCUT2D eigenvalue weighted by Gasteiger charge is -2.23. The summed E-state index contributed by atoms with van der Waals surface area (Å²) in [4.78, 5) is 36.9. The highest BCUT2D eigenvalue weighted by Gasteiger charge is 2.40. The summed E-state index contributed by atoms with van der Waals surface area (Å²) in [7, 11) is 1.22. The molecule has 3 rings (SSSR count).